The molecule has 20 heavy (non-hydrogen) atoms. The highest BCUT2D eigenvalue weighted by molar-refractivity contribution is 5.64. The quantitative estimate of drug-likeness (QED) is 0.931. The maximum absolute atomic E-state index is 5.42. The second-order valence-corrected chi connectivity index (χ2v) is 5.36. The second kappa shape index (κ2) is 5.25. The molecule has 0 amide bonds. The number of rotatable bonds is 3. The summed E-state index contributed by atoms with van der Waals surface area (Å²) < 4.78 is 10.8. The first-order valence-electron chi connectivity index (χ1n) is 6.91. The molecule has 106 valence electrons. The maximum Gasteiger partial charge on any atom is 0.244 e. The number of aromatic nitrogens is 2. The van der Waals surface area contributed by atoms with Gasteiger partial charge in [-0.15, -0.1) is 0 Å². The molecule has 0 aliphatic carbocycles. The molecule has 5 nitrogen and oxygen atoms in total. The van der Waals surface area contributed by atoms with E-state index in [0.717, 1.165) is 29.8 Å². The van der Waals surface area contributed by atoms with Crippen molar-refractivity contribution in [2.24, 2.45) is 5.92 Å². The van der Waals surface area contributed by atoms with Gasteiger partial charge in [0.25, 0.3) is 0 Å². The number of benzene rings is 1. The Balaban J connectivity index is 1.94. The summed E-state index contributed by atoms with van der Waals surface area (Å²) in [6, 6.07) is 6.12. The molecule has 3 rings (SSSR count). The first-order valence-corrected chi connectivity index (χ1v) is 6.91. The Morgan fingerprint density at radius 3 is 2.95 bits per heavy atom. The fourth-order valence-electron chi connectivity index (χ4n) is 2.62. The highest BCUT2D eigenvalue weighted by Crippen LogP contribution is 2.32. The Labute approximate surface area is 118 Å². The SMILES string of the molecule is COc1cc(C)ccc1-c1noc(C2NCCC2C)n1. The fourth-order valence-corrected chi connectivity index (χ4v) is 2.62. The average Bonchev–Trinajstić information content (AvgIpc) is 3.07. The minimum absolute atomic E-state index is 0.160. The Hall–Kier alpha value is -1.88. The zero-order valence-electron chi connectivity index (χ0n) is 12.0. The lowest BCUT2D eigenvalue weighted by Crippen LogP contribution is -2.16. The van der Waals surface area contributed by atoms with E-state index in [1.54, 1.807) is 7.11 Å². The van der Waals surface area contributed by atoms with Crippen LogP contribution in [0.5, 0.6) is 5.75 Å². The van der Waals surface area contributed by atoms with Gasteiger partial charge in [0.1, 0.15) is 5.75 Å². The third-order valence-electron chi connectivity index (χ3n) is 3.84. The zero-order chi connectivity index (χ0) is 14.1. The highest BCUT2D eigenvalue weighted by atomic mass is 16.5. The number of hydrogen-bond donors (Lipinski definition) is 1. The molecule has 2 atom stereocenters. The van der Waals surface area contributed by atoms with Crippen molar-refractivity contribution in [3.8, 4) is 17.1 Å². The van der Waals surface area contributed by atoms with Crippen molar-refractivity contribution in [3.05, 3.63) is 29.7 Å². The van der Waals surface area contributed by atoms with Crippen molar-refractivity contribution in [1.29, 1.82) is 0 Å². The molecule has 1 aromatic carbocycles. The molecule has 1 N–H and O–H groups in total. The Bertz CT molecular complexity index is 609. The molecule has 1 aromatic heterocycles. The van der Waals surface area contributed by atoms with E-state index in [9.17, 15) is 0 Å². The number of nitrogens with one attached hydrogen (secondary N) is 1. The Kier molecular flexibility index (Phi) is 3.44. The van der Waals surface area contributed by atoms with Gasteiger partial charge in [-0.3, -0.25) is 0 Å². The van der Waals surface area contributed by atoms with Crippen molar-refractivity contribution in [2.45, 2.75) is 26.3 Å². The van der Waals surface area contributed by atoms with Gasteiger partial charge in [-0.05, 0) is 43.5 Å². The number of ether oxygens (including phenoxy) is 1. The van der Waals surface area contributed by atoms with Gasteiger partial charge in [-0.1, -0.05) is 18.1 Å². The van der Waals surface area contributed by atoms with Crippen molar-refractivity contribution >= 4 is 0 Å². The molecular formula is C15H19N3O2. The summed E-state index contributed by atoms with van der Waals surface area (Å²) in [5.41, 5.74) is 2.00. The monoisotopic (exact) mass is 273 g/mol. The molecular weight excluding hydrogens is 254 g/mol. The molecule has 5 heteroatoms. The predicted octanol–water partition coefficient (Wildman–Crippen LogP) is 2.72. The summed E-state index contributed by atoms with van der Waals surface area (Å²) in [4.78, 5) is 4.53. The summed E-state index contributed by atoms with van der Waals surface area (Å²) in [5.74, 6) is 2.53. The van der Waals surface area contributed by atoms with Crippen molar-refractivity contribution < 1.29 is 9.26 Å². The van der Waals surface area contributed by atoms with Crippen LogP contribution in [0.15, 0.2) is 22.7 Å². The van der Waals surface area contributed by atoms with Gasteiger partial charge < -0.3 is 14.6 Å². The van der Waals surface area contributed by atoms with Gasteiger partial charge in [0.15, 0.2) is 0 Å². The van der Waals surface area contributed by atoms with E-state index in [1.165, 1.54) is 0 Å². The molecule has 0 bridgehead atoms. The summed E-state index contributed by atoms with van der Waals surface area (Å²) >= 11 is 0. The van der Waals surface area contributed by atoms with Crippen LogP contribution in [0.4, 0.5) is 0 Å². The highest BCUT2D eigenvalue weighted by Gasteiger charge is 2.29. The van der Waals surface area contributed by atoms with Gasteiger partial charge in [-0.2, -0.15) is 4.98 Å². The summed E-state index contributed by atoms with van der Waals surface area (Å²) in [6.45, 7) is 5.22. The number of aryl methyl sites for hydroxylation is 1. The molecule has 2 unspecified atom stereocenters. The van der Waals surface area contributed by atoms with Gasteiger partial charge in [-0.25, -0.2) is 0 Å². The number of methoxy groups -OCH3 is 1. The topological polar surface area (TPSA) is 60.2 Å². The van der Waals surface area contributed by atoms with Crippen molar-refractivity contribution in [2.75, 3.05) is 13.7 Å². The van der Waals surface area contributed by atoms with Crippen LogP contribution in [0.2, 0.25) is 0 Å². The lowest BCUT2D eigenvalue weighted by Gasteiger charge is -2.09. The predicted molar refractivity (Wildman–Crippen MR) is 75.5 cm³/mol. The van der Waals surface area contributed by atoms with Crippen LogP contribution in [0.3, 0.4) is 0 Å². The van der Waals surface area contributed by atoms with E-state index in [-0.39, 0.29) is 6.04 Å². The Morgan fingerprint density at radius 1 is 1.40 bits per heavy atom. The van der Waals surface area contributed by atoms with E-state index < -0.39 is 0 Å². The minimum atomic E-state index is 0.160. The first-order chi connectivity index (χ1) is 9.69. The smallest absolute Gasteiger partial charge is 0.244 e. The van der Waals surface area contributed by atoms with Crippen LogP contribution >= 0.6 is 0 Å². The third-order valence-corrected chi connectivity index (χ3v) is 3.84. The summed E-state index contributed by atoms with van der Waals surface area (Å²) in [6.07, 6.45) is 1.14. The van der Waals surface area contributed by atoms with E-state index in [2.05, 4.69) is 22.4 Å². The van der Waals surface area contributed by atoms with Crippen molar-refractivity contribution in [1.82, 2.24) is 15.5 Å². The minimum Gasteiger partial charge on any atom is -0.496 e. The number of hydrogen-bond acceptors (Lipinski definition) is 5. The Morgan fingerprint density at radius 2 is 2.25 bits per heavy atom. The molecule has 1 aliphatic rings. The normalized spacial score (nSPS) is 22.1. The molecule has 0 spiro atoms. The zero-order valence-corrected chi connectivity index (χ0v) is 12.0. The molecule has 0 saturated carbocycles. The van der Waals surface area contributed by atoms with Crippen LogP contribution in [-0.2, 0) is 0 Å². The van der Waals surface area contributed by atoms with Crippen LogP contribution in [0.25, 0.3) is 11.4 Å². The van der Waals surface area contributed by atoms with Gasteiger partial charge in [0.2, 0.25) is 11.7 Å². The van der Waals surface area contributed by atoms with E-state index >= 15 is 0 Å². The molecule has 1 fully saturated rings. The molecule has 2 aromatic rings. The van der Waals surface area contributed by atoms with Crippen molar-refractivity contribution in [3.63, 3.8) is 0 Å². The molecule has 1 aliphatic heterocycles. The lowest BCUT2D eigenvalue weighted by atomic mass is 10.0. The van der Waals surface area contributed by atoms with Gasteiger partial charge in [0.05, 0.1) is 18.7 Å². The van der Waals surface area contributed by atoms with Gasteiger partial charge in [0, 0.05) is 0 Å². The molecule has 0 radical (unpaired) electrons. The first kappa shape index (κ1) is 13.1. The fraction of sp³-hybridized carbons (Fsp3) is 0.467. The average molecular weight is 273 g/mol. The van der Waals surface area contributed by atoms with E-state index in [1.807, 2.05) is 25.1 Å². The number of nitrogens with zero attached hydrogens (tertiary/aromatic N) is 2. The molecule has 2 heterocycles. The third kappa shape index (κ3) is 2.29. The molecule has 1 saturated heterocycles. The van der Waals surface area contributed by atoms with E-state index in [4.69, 9.17) is 9.26 Å². The maximum atomic E-state index is 5.42. The summed E-state index contributed by atoms with van der Waals surface area (Å²) in [5, 5.41) is 7.50. The van der Waals surface area contributed by atoms with Gasteiger partial charge >= 0.3 is 0 Å². The van der Waals surface area contributed by atoms with Crippen LogP contribution in [0, 0.1) is 12.8 Å². The van der Waals surface area contributed by atoms with Crippen LogP contribution in [0.1, 0.15) is 30.8 Å². The second-order valence-electron chi connectivity index (χ2n) is 5.36. The van der Waals surface area contributed by atoms with Crippen LogP contribution in [-0.4, -0.2) is 23.8 Å². The largest absolute Gasteiger partial charge is 0.496 e. The standard InChI is InChI=1S/C15H19N3O2/c1-9-4-5-11(12(8-9)19-3)14-17-15(20-18-14)13-10(2)6-7-16-13/h4-5,8,10,13,16H,6-7H2,1-3H3. The lowest BCUT2D eigenvalue weighted by molar-refractivity contribution is 0.319. The van der Waals surface area contributed by atoms with E-state index in [0.29, 0.717) is 17.6 Å². The summed E-state index contributed by atoms with van der Waals surface area (Å²) in [7, 11) is 1.65. The van der Waals surface area contributed by atoms with Crippen LogP contribution < -0.4 is 10.1 Å².